The highest BCUT2D eigenvalue weighted by atomic mass is 35.5. The average molecular weight is 309 g/mol. The number of nitrogens with one attached hydrogen (secondary N) is 1. The number of hydrogen-bond acceptors (Lipinski definition) is 3. The van der Waals surface area contributed by atoms with Crippen molar-refractivity contribution in [3.8, 4) is 0 Å². The van der Waals surface area contributed by atoms with Crippen molar-refractivity contribution in [2.24, 2.45) is 5.73 Å². The first kappa shape index (κ1) is 21.5. The Kier molecular flexibility index (Phi) is 17.5. The fraction of sp³-hybridized carbons (Fsp3) is 0.857. The fourth-order valence-corrected chi connectivity index (χ4v) is 1.85. The van der Waals surface area contributed by atoms with Gasteiger partial charge in [-0.1, -0.05) is 25.7 Å². The summed E-state index contributed by atoms with van der Waals surface area (Å²) in [5.74, 6) is -0.610. The summed E-state index contributed by atoms with van der Waals surface area (Å²) in [6.45, 7) is 1.43. The van der Waals surface area contributed by atoms with Crippen LogP contribution in [0, 0.1) is 0 Å². The Hall–Kier alpha value is -0.810. The Balaban J connectivity index is 0. The molecule has 0 spiro atoms. The number of hydrogen-bond donors (Lipinski definition) is 3. The van der Waals surface area contributed by atoms with E-state index in [1.807, 2.05) is 0 Å². The molecule has 0 aliphatic heterocycles. The van der Waals surface area contributed by atoms with Crippen LogP contribution in [0.2, 0.25) is 0 Å². The lowest BCUT2D eigenvalue weighted by atomic mass is 10.1. The SMILES string of the molecule is Cl.NCCCCCCC(=O)NCCCCCCC(=O)O. The third-order valence-electron chi connectivity index (χ3n) is 3.00. The number of carboxylic acid groups (broad SMARTS) is 1. The maximum atomic E-state index is 11.4. The molecule has 0 saturated carbocycles. The molecule has 0 unspecified atom stereocenters. The van der Waals surface area contributed by atoms with Crippen molar-refractivity contribution < 1.29 is 14.7 Å². The van der Waals surface area contributed by atoms with Crippen molar-refractivity contribution in [3.05, 3.63) is 0 Å². The molecule has 4 N–H and O–H groups in total. The van der Waals surface area contributed by atoms with E-state index >= 15 is 0 Å². The zero-order chi connectivity index (χ0) is 14.3. The number of amides is 1. The van der Waals surface area contributed by atoms with Gasteiger partial charge in [-0.25, -0.2) is 0 Å². The van der Waals surface area contributed by atoms with Crippen LogP contribution in [0.5, 0.6) is 0 Å². The standard InChI is InChI=1S/C14H28N2O3.ClH/c15-11-7-3-1-5-9-13(17)16-12-8-4-2-6-10-14(18)19;/h1-12,15H2,(H,16,17)(H,18,19);1H. The number of halogens is 1. The predicted molar refractivity (Wildman–Crippen MR) is 83.1 cm³/mol. The third-order valence-corrected chi connectivity index (χ3v) is 3.00. The molecule has 0 fully saturated rings. The monoisotopic (exact) mass is 308 g/mol. The Morgan fingerprint density at radius 2 is 1.40 bits per heavy atom. The minimum absolute atomic E-state index is 0. The first-order valence-electron chi connectivity index (χ1n) is 7.35. The molecule has 0 radical (unpaired) electrons. The van der Waals surface area contributed by atoms with Crippen LogP contribution in [0.3, 0.4) is 0 Å². The molecular weight excluding hydrogens is 280 g/mol. The van der Waals surface area contributed by atoms with Crippen LogP contribution in [0.4, 0.5) is 0 Å². The highest BCUT2D eigenvalue weighted by molar-refractivity contribution is 5.85. The van der Waals surface area contributed by atoms with Gasteiger partial charge in [0.2, 0.25) is 5.91 Å². The second-order valence-electron chi connectivity index (χ2n) is 4.86. The van der Waals surface area contributed by atoms with Gasteiger partial charge in [-0.3, -0.25) is 9.59 Å². The Morgan fingerprint density at radius 3 is 2.00 bits per heavy atom. The molecule has 5 nitrogen and oxygen atoms in total. The lowest BCUT2D eigenvalue weighted by Gasteiger charge is -2.05. The summed E-state index contributed by atoms with van der Waals surface area (Å²) in [7, 11) is 0. The van der Waals surface area contributed by atoms with Gasteiger partial charge in [-0.2, -0.15) is 0 Å². The summed E-state index contributed by atoms with van der Waals surface area (Å²) in [6.07, 6.45) is 8.54. The van der Waals surface area contributed by atoms with Gasteiger partial charge in [0, 0.05) is 19.4 Å². The van der Waals surface area contributed by atoms with E-state index in [1.165, 1.54) is 0 Å². The normalized spacial score (nSPS) is 9.85. The maximum absolute atomic E-state index is 11.4. The van der Waals surface area contributed by atoms with Gasteiger partial charge in [0.1, 0.15) is 0 Å². The minimum Gasteiger partial charge on any atom is -0.481 e. The van der Waals surface area contributed by atoms with E-state index in [0.29, 0.717) is 13.0 Å². The number of carboxylic acids is 1. The zero-order valence-electron chi connectivity index (χ0n) is 12.2. The molecule has 0 aliphatic rings. The van der Waals surface area contributed by atoms with Gasteiger partial charge in [-0.05, 0) is 32.2 Å². The van der Waals surface area contributed by atoms with E-state index in [2.05, 4.69) is 5.32 Å². The van der Waals surface area contributed by atoms with E-state index in [-0.39, 0.29) is 24.7 Å². The highest BCUT2D eigenvalue weighted by Gasteiger charge is 2.00. The number of rotatable bonds is 13. The van der Waals surface area contributed by atoms with Gasteiger partial charge in [0.05, 0.1) is 0 Å². The molecular formula is C14H29ClN2O3. The van der Waals surface area contributed by atoms with Gasteiger partial charge < -0.3 is 16.2 Å². The van der Waals surface area contributed by atoms with Crippen molar-refractivity contribution >= 4 is 24.3 Å². The van der Waals surface area contributed by atoms with E-state index in [1.54, 1.807) is 0 Å². The van der Waals surface area contributed by atoms with Crippen molar-refractivity contribution in [3.63, 3.8) is 0 Å². The fourth-order valence-electron chi connectivity index (χ4n) is 1.85. The molecule has 0 atom stereocenters. The Morgan fingerprint density at radius 1 is 0.850 bits per heavy atom. The van der Waals surface area contributed by atoms with E-state index < -0.39 is 5.97 Å². The molecule has 20 heavy (non-hydrogen) atoms. The van der Waals surface area contributed by atoms with Crippen LogP contribution in [-0.2, 0) is 9.59 Å². The van der Waals surface area contributed by atoms with Crippen LogP contribution < -0.4 is 11.1 Å². The van der Waals surface area contributed by atoms with Gasteiger partial charge >= 0.3 is 5.97 Å². The van der Waals surface area contributed by atoms with Gasteiger partial charge in [-0.15, -0.1) is 12.4 Å². The van der Waals surface area contributed by atoms with Crippen molar-refractivity contribution in [2.45, 2.75) is 64.2 Å². The molecule has 0 heterocycles. The van der Waals surface area contributed by atoms with Gasteiger partial charge in [0.25, 0.3) is 0 Å². The summed E-state index contributed by atoms with van der Waals surface area (Å²) in [6, 6.07) is 0. The molecule has 1 amide bonds. The smallest absolute Gasteiger partial charge is 0.303 e. The molecule has 0 aromatic heterocycles. The Bertz CT molecular complexity index is 251. The molecule has 0 saturated heterocycles. The summed E-state index contributed by atoms with van der Waals surface area (Å²) >= 11 is 0. The number of aliphatic carboxylic acids is 1. The molecule has 0 rings (SSSR count). The molecule has 0 bridgehead atoms. The summed E-state index contributed by atoms with van der Waals surface area (Å²) in [5.41, 5.74) is 5.39. The van der Waals surface area contributed by atoms with Crippen molar-refractivity contribution in [1.82, 2.24) is 5.32 Å². The number of carbonyl (C=O) groups is 2. The lowest BCUT2D eigenvalue weighted by molar-refractivity contribution is -0.137. The molecule has 120 valence electrons. The van der Waals surface area contributed by atoms with Crippen LogP contribution in [0.15, 0.2) is 0 Å². The maximum Gasteiger partial charge on any atom is 0.303 e. The Labute approximate surface area is 128 Å². The lowest BCUT2D eigenvalue weighted by Crippen LogP contribution is -2.23. The molecule has 0 aromatic carbocycles. The second-order valence-corrected chi connectivity index (χ2v) is 4.86. The van der Waals surface area contributed by atoms with Crippen LogP contribution in [0.1, 0.15) is 64.2 Å². The molecule has 6 heteroatoms. The number of carbonyl (C=O) groups excluding carboxylic acids is 1. The molecule has 0 aromatic rings. The topological polar surface area (TPSA) is 92.4 Å². The predicted octanol–water partition coefficient (Wildman–Crippen LogP) is 2.47. The van der Waals surface area contributed by atoms with E-state index in [9.17, 15) is 9.59 Å². The minimum atomic E-state index is -0.733. The largest absolute Gasteiger partial charge is 0.481 e. The number of unbranched alkanes of at least 4 members (excludes halogenated alkanes) is 6. The highest BCUT2D eigenvalue weighted by Crippen LogP contribution is 2.03. The van der Waals surface area contributed by atoms with E-state index in [0.717, 1.165) is 57.9 Å². The number of nitrogens with two attached hydrogens (primary N) is 1. The molecule has 0 aliphatic carbocycles. The van der Waals surface area contributed by atoms with Crippen LogP contribution in [0.25, 0.3) is 0 Å². The first-order valence-corrected chi connectivity index (χ1v) is 7.35. The van der Waals surface area contributed by atoms with Gasteiger partial charge in [0.15, 0.2) is 0 Å². The average Bonchev–Trinajstić information content (AvgIpc) is 2.37. The zero-order valence-corrected chi connectivity index (χ0v) is 13.1. The van der Waals surface area contributed by atoms with Crippen molar-refractivity contribution in [1.29, 1.82) is 0 Å². The summed E-state index contributed by atoms with van der Waals surface area (Å²) in [4.78, 5) is 21.7. The summed E-state index contributed by atoms with van der Waals surface area (Å²) in [5, 5.41) is 11.4. The second kappa shape index (κ2) is 16.2. The third kappa shape index (κ3) is 17.2. The van der Waals surface area contributed by atoms with Crippen LogP contribution >= 0.6 is 12.4 Å². The van der Waals surface area contributed by atoms with E-state index in [4.69, 9.17) is 10.8 Å². The van der Waals surface area contributed by atoms with Crippen LogP contribution in [-0.4, -0.2) is 30.1 Å². The quantitative estimate of drug-likeness (QED) is 0.456. The first-order chi connectivity index (χ1) is 9.16. The summed E-state index contributed by atoms with van der Waals surface area (Å²) < 4.78 is 0. The van der Waals surface area contributed by atoms with Crippen molar-refractivity contribution in [2.75, 3.05) is 13.1 Å².